The maximum absolute atomic E-state index is 5.95. The summed E-state index contributed by atoms with van der Waals surface area (Å²) >= 11 is 11.7. The Bertz CT molecular complexity index is 517. The highest BCUT2D eigenvalue weighted by Crippen LogP contribution is 2.29. The first-order chi connectivity index (χ1) is 9.72. The molecule has 0 N–H and O–H groups in total. The lowest BCUT2D eigenvalue weighted by Gasteiger charge is -2.33. The maximum atomic E-state index is 5.95. The number of hydrogen-bond acceptors (Lipinski definition) is 3. The quantitative estimate of drug-likeness (QED) is 0.834. The van der Waals surface area contributed by atoms with Gasteiger partial charge in [-0.2, -0.15) is 0 Å². The van der Waals surface area contributed by atoms with Gasteiger partial charge in [-0.1, -0.05) is 35.3 Å². The van der Waals surface area contributed by atoms with Crippen LogP contribution in [0.2, 0.25) is 10.2 Å². The van der Waals surface area contributed by atoms with Crippen molar-refractivity contribution in [2.75, 3.05) is 18.0 Å². The highest BCUT2D eigenvalue weighted by molar-refractivity contribution is 6.30. The average molecular weight is 308 g/mol. The SMILES string of the molecule is Clc1ccc(C2CCCN(c3ccc(Cl)nn3)C2)cc1. The third kappa shape index (κ3) is 3.05. The van der Waals surface area contributed by atoms with Crippen molar-refractivity contribution >= 4 is 29.0 Å². The van der Waals surface area contributed by atoms with Crippen molar-refractivity contribution in [2.24, 2.45) is 0 Å². The van der Waals surface area contributed by atoms with Crippen LogP contribution in [0.5, 0.6) is 0 Å². The molecule has 2 heterocycles. The number of piperidine rings is 1. The van der Waals surface area contributed by atoms with Crippen molar-refractivity contribution in [3.63, 3.8) is 0 Å². The summed E-state index contributed by atoms with van der Waals surface area (Å²) in [5, 5.41) is 9.30. The number of hydrogen-bond donors (Lipinski definition) is 0. The Morgan fingerprint density at radius 1 is 1.00 bits per heavy atom. The molecule has 1 aliphatic rings. The van der Waals surface area contributed by atoms with Crippen molar-refractivity contribution < 1.29 is 0 Å². The van der Waals surface area contributed by atoms with Gasteiger partial charge in [0.15, 0.2) is 11.0 Å². The Balaban J connectivity index is 1.76. The minimum atomic E-state index is 0.431. The lowest BCUT2D eigenvalue weighted by Crippen LogP contribution is -2.35. The first-order valence-electron chi connectivity index (χ1n) is 6.72. The van der Waals surface area contributed by atoms with Crippen LogP contribution in [0.15, 0.2) is 36.4 Å². The van der Waals surface area contributed by atoms with Crippen LogP contribution in [0.1, 0.15) is 24.3 Å². The van der Waals surface area contributed by atoms with Crippen LogP contribution in [0.4, 0.5) is 5.82 Å². The van der Waals surface area contributed by atoms with Gasteiger partial charge >= 0.3 is 0 Å². The van der Waals surface area contributed by atoms with Crippen LogP contribution in [0.25, 0.3) is 0 Å². The van der Waals surface area contributed by atoms with Crippen molar-refractivity contribution in [3.8, 4) is 0 Å². The minimum absolute atomic E-state index is 0.431. The van der Waals surface area contributed by atoms with E-state index in [1.165, 1.54) is 12.0 Å². The second kappa shape index (κ2) is 5.98. The lowest BCUT2D eigenvalue weighted by molar-refractivity contribution is 0.506. The molecule has 0 saturated carbocycles. The van der Waals surface area contributed by atoms with Crippen molar-refractivity contribution in [3.05, 3.63) is 52.1 Å². The fourth-order valence-corrected chi connectivity index (χ4v) is 2.90. The lowest BCUT2D eigenvalue weighted by atomic mass is 9.91. The predicted molar refractivity (Wildman–Crippen MR) is 82.7 cm³/mol. The van der Waals surface area contributed by atoms with Gasteiger partial charge in [-0.3, -0.25) is 0 Å². The van der Waals surface area contributed by atoms with E-state index in [4.69, 9.17) is 23.2 Å². The molecule has 1 atom stereocenters. The summed E-state index contributed by atoms with van der Waals surface area (Å²) in [4.78, 5) is 2.27. The molecule has 0 amide bonds. The molecule has 1 aromatic heterocycles. The highest BCUT2D eigenvalue weighted by Gasteiger charge is 2.22. The summed E-state index contributed by atoms with van der Waals surface area (Å²) in [6.45, 7) is 1.97. The fraction of sp³-hybridized carbons (Fsp3) is 0.333. The Kier molecular flexibility index (Phi) is 4.08. The minimum Gasteiger partial charge on any atom is -0.355 e. The number of rotatable bonds is 2. The van der Waals surface area contributed by atoms with Gasteiger partial charge in [-0.05, 0) is 42.7 Å². The van der Waals surface area contributed by atoms with E-state index in [9.17, 15) is 0 Å². The van der Waals surface area contributed by atoms with Crippen molar-refractivity contribution in [2.45, 2.75) is 18.8 Å². The zero-order chi connectivity index (χ0) is 13.9. The average Bonchev–Trinajstić information content (AvgIpc) is 2.49. The molecule has 1 aliphatic heterocycles. The summed E-state index contributed by atoms with van der Waals surface area (Å²) in [6.07, 6.45) is 2.34. The number of aromatic nitrogens is 2. The molecular weight excluding hydrogens is 293 g/mol. The molecule has 0 spiro atoms. The van der Waals surface area contributed by atoms with Crippen LogP contribution >= 0.6 is 23.2 Å². The number of anilines is 1. The largest absolute Gasteiger partial charge is 0.355 e. The standard InChI is InChI=1S/C15H15Cl2N3/c16-13-5-3-11(4-6-13)12-2-1-9-20(10-12)15-8-7-14(17)18-19-15/h3-8,12H,1-2,9-10H2. The van der Waals surface area contributed by atoms with Crippen LogP contribution in [0.3, 0.4) is 0 Å². The number of nitrogens with zero attached hydrogens (tertiary/aromatic N) is 3. The van der Waals surface area contributed by atoms with Crippen molar-refractivity contribution in [1.29, 1.82) is 0 Å². The zero-order valence-corrected chi connectivity index (χ0v) is 12.5. The number of halogens is 2. The van der Waals surface area contributed by atoms with Crippen LogP contribution in [-0.4, -0.2) is 23.3 Å². The second-order valence-electron chi connectivity index (χ2n) is 5.05. The summed E-state index contributed by atoms with van der Waals surface area (Å²) in [6, 6.07) is 11.9. The Morgan fingerprint density at radius 3 is 2.50 bits per heavy atom. The molecular formula is C15H15Cl2N3. The molecule has 1 unspecified atom stereocenters. The molecule has 5 heteroatoms. The first kappa shape index (κ1) is 13.7. The molecule has 3 rings (SSSR count). The van der Waals surface area contributed by atoms with Gasteiger partial charge in [0.2, 0.25) is 0 Å². The molecule has 1 aromatic carbocycles. The Hall–Kier alpha value is -1.32. The molecule has 20 heavy (non-hydrogen) atoms. The molecule has 104 valence electrons. The van der Waals surface area contributed by atoms with E-state index in [0.717, 1.165) is 30.4 Å². The van der Waals surface area contributed by atoms with Gasteiger partial charge in [0.05, 0.1) is 0 Å². The van der Waals surface area contributed by atoms with Crippen LogP contribution in [-0.2, 0) is 0 Å². The summed E-state index contributed by atoms with van der Waals surface area (Å²) < 4.78 is 0. The molecule has 0 radical (unpaired) electrons. The fourth-order valence-electron chi connectivity index (χ4n) is 2.67. The van der Waals surface area contributed by atoms with Gasteiger partial charge in [0.1, 0.15) is 0 Å². The van der Waals surface area contributed by atoms with E-state index in [-0.39, 0.29) is 0 Å². The second-order valence-corrected chi connectivity index (χ2v) is 5.87. The molecule has 1 fully saturated rings. The van der Waals surface area contributed by atoms with E-state index in [0.29, 0.717) is 11.1 Å². The van der Waals surface area contributed by atoms with Crippen LogP contribution < -0.4 is 4.90 Å². The van der Waals surface area contributed by atoms with E-state index in [1.54, 1.807) is 6.07 Å². The maximum Gasteiger partial charge on any atom is 0.151 e. The van der Waals surface area contributed by atoms with Gasteiger partial charge in [0, 0.05) is 24.0 Å². The third-order valence-electron chi connectivity index (χ3n) is 3.70. The van der Waals surface area contributed by atoms with E-state index >= 15 is 0 Å². The zero-order valence-electron chi connectivity index (χ0n) is 11.0. The van der Waals surface area contributed by atoms with Gasteiger partial charge in [-0.25, -0.2) is 0 Å². The van der Waals surface area contributed by atoms with Gasteiger partial charge in [-0.15, -0.1) is 10.2 Å². The normalized spacial score (nSPS) is 19.1. The molecule has 0 aliphatic carbocycles. The van der Waals surface area contributed by atoms with Gasteiger partial charge in [0.25, 0.3) is 0 Å². The van der Waals surface area contributed by atoms with Crippen molar-refractivity contribution in [1.82, 2.24) is 10.2 Å². The van der Waals surface area contributed by atoms with E-state index in [2.05, 4.69) is 27.2 Å². The monoisotopic (exact) mass is 307 g/mol. The molecule has 0 bridgehead atoms. The summed E-state index contributed by atoms with van der Waals surface area (Å²) in [5.74, 6) is 1.41. The third-order valence-corrected chi connectivity index (χ3v) is 4.16. The first-order valence-corrected chi connectivity index (χ1v) is 7.47. The smallest absolute Gasteiger partial charge is 0.151 e. The molecule has 1 saturated heterocycles. The molecule has 3 nitrogen and oxygen atoms in total. The number of benzene rings is 1. The van der Waals surface area contributed by atoms with E-state index in [1.807, 2.05) is 18.2 Å². The topological polar surface area (TPSA) is 29.0 Å². The van der Waals surface area contributed by atoms with E-state index < -0.39 is 0 Å². The molecule has 2 aromatic rings. The summed E-state index contributed by atoms with van der Waals surface area (Å²) in [7, 11) is 0. The van der Waals surface area contributed by atoms with Crippen LogP contribution in [0, 0.1) is 0 Å². The predicted octanol–water partition coefficient (Wildman–Crippen LogP) is 4.17. The highest BCUT2D eigenvalue weighted by atomic mass is 35.5. The van der Waals surface area contributed by atoms with Gasteiger partial charge < -0.3 is 4.90 Å². The Morgan fingerprint density at radius 2 is 1.80 bits per heavy atom. The summed E-state index contributed by atoms with van der Waals surface area (Å²) in [5.41, 5.74) is 1.33. The Labute approximate surface area is 128 Å².